The van der Waals surface area contributed by atoms with Crippen LogP contribution in [0.25, 0.3) is 0 Å². The van der Waals surface area contributed by atoms with Gasteiger partial charge in [0.15, 0.2) is 0 Å². The van der Waals surface area contributed by atoms with Gasteiger partial charge in [0.25, 0.3) is 0 Å². The highest BCUT2D eigenvalue weighted by Gasteiger charge is 2.31. The highest BCUT2D eigenvalue weighted by atomic mass is 16.5. The lowest BCUT2D eigenvalue weighted by Crippen LogP contribution is -2.42. The number of imidazole rings is 1. The lowest BCUT2D eigenvalue weighted by Gasteiger charge is -2.38. The second-order valence-corrected chi connectivity index (χ2v) is 8.93. The third kappa shape index (κ3) is 4.62. The van der Waals surface area contributed by atoms with E-state index in [1.807, 2.05) is 6.07 Å². The number of likely N-dealkylation sites (tertiary alicyclic amines) is 1. The van der Waals surface area contributed by atoms with E-state index in [2.05, 4.69) is 47.6 Å². The van der Waals surface area contributed by atoms with Crippen LogP contribution in [0.15, 0.2) is 30.3 Å². The molecule has 31 heavy (non-hydrogen) atoms. The lowest BCUT2D eigenvalue weighted by atomic mass is 9.97. The number of methoxy groups -OCH3 is 1. The lowest BCUT2D eigenvalue weighted by molar-refractivity contribution is 0.113. The molecular weight excluding hydrogens is 390 g/mol. The van der Waals surface area contributed by atoms with E-state index in [0.717, 1.165) is 50.3 Å². The van der Waals surface area contributed by atoms with Gasteiger partial charge in [0, 0.05) is 44.2 Å². The molecule has 1 aromatic carbocycles. The zero-order valence-corrected chi connectivity index (χ0v) is 19.0. The number of carbonyl (C=O) groups excluding carboxylic acids is 1. The molecule has 1 saturated heterocycles. The Labute approximate surface area is 185 Å². The molecule has 4 rings (SSSR count). The molecule has 2 N–H and O–H groups in total. The molecule has 0 saturated carbocycles. The van der Waals surface area contributed by atoms with Crippen LogP contribution in [0.1, 0.15) is 61.0 Å². The Kier molecular flexibility index (Phi) is 6.62. The van der Waals surface area contributed by atoms with Crippen LogP contribution in [0.5, 0.6) is 0 Å². The number of nitrogens with two attached hydrogens (primary N) is 1. The summed E-state index contributed by atoms with van der Waals surface area (Å²) < 4.78 is 7.33. The normalized spacial score (nSPS) is 19.7. The first-order valence-corrected chi connectivity index (χ1v) is 11.4. The Morgan fingerprint density at radius 2 is 1.94 bits per heavy atom. The summed E-state index contributed by atoms with van der Waals surface area (Å²) in [7, 11) is 1.45. The molecule has 2 atom stereocenters. The van der Waals surface area contributed by atoms with E-state index in [4.69, 9.17) is 15.5 Å². The van der Waals surface area contributed by atoms with Crippen molar-refractivity contribution in [3.8, 4) is 0 Å². The third-order valence-electron chi connectivity index (χ3n) is 6.97. The monoisotopic (exact) mass is 425 g/mol. The van der Waals surface area contributed by atoms with E-state index in [9.17, 15) is 4.79 Å². The largest absolute Gasteiger partial charge is 0.453 e. The summed E-state index contributed by atoms with van der Waals surface area (Å²) in [6.45, 7) is 7.76. The van der Waals surface area contributed by atoms with Gasteiger partial charge < -0.3 is 24.8 Å². The minimum Gasteiger partial charge on any atom is -0.453 e. The Morgan fingerprint density at radius 3 is 2.61 bits per heavy atom. The fraction of sp³-hybridized carbons (Fsp3) is 0.583. The average Bonchev–Trinajstić information content (AvgIpc) is 3.13. The number of benzene rings is 1. The number of piperidine rings is 1. The maximum Gasteiger partial charge on any atom is 0.409 e. The first-order valence-electron chi connectivity index (χ1n) is 11.4. The fourth-order valence-electron chi connectivity index (χ4n) is 5.22. The molecule has 1 aromatic heterocycles. The third-order valence-corrected chi connectivity index (χ3v) is 6.97. The number of aromatic nitrogens is 2. The van der Waals surface area contributed by atoms with Gasteiger partial charge in [-0.2, -0.15) is 0 Å². The predicted molar refractivity (Wildman–Crippen MR) is 121 cm³/mol. The zero-order valence-electron chi connectivity index (χ0n) is 19.0. The fourth-order valence-corrected chi connectivity index (χ4v) is 5.22. The number of amides is 1. The van der Waals surface area contributed by atoms with Crippen LogP contribution in [-0.2, 0) is 17.7 Å². The topological polar surface area (TPSA) is 76.6 Å². The number of hydrogen-bond acceptors (Lipinski definition) is 5. The van der Waals surface area contributed by atoms with Crippen LogP contribution < -0.4 is 5.73 Å². The van der Waals surface area contributed by atoms with E-state index in [1.54, 1.807) is 4.90 Å². The molecule has 1 fully saturated rings. The van der Waals surface area contributed by atoms with E-state index < -0.39 is 0 Å². The van der Waals surface area contributed by atoms with Crippen molar-refractivity contribution in [3.05, 3.63) is 53.1 Å². The zero-order chi connectivity index (χ0) is 22.0. The second kappa shape index (κ2) is 9.40. The van der Waals surface area contributed by atoms with Crippen molar-refractivity contribution in [1.82, 2.24) is 19.4 Å². The van der Waals surface area contributed by atoms with Gasteiger partial charge in [0.1, 0.15) is 5.82 Å². The molecule has 2 aliphatic heterocycles. The van der Waals surface area contributed by atoms with Crippen molar-refractivity contribution >= 4 is 6.09 Å². The Morgan fingerprint density at radius 1 is 1.23 bits per heavy atom. The van der Waals surface area contributed by atoms with E-state index in [-0.39, 0.29) is 12.1 Å². The van der Waals surface area contributed by atoms with Gasteiger partial charge in [-0.3, -0.25) is 0 Å². The van der Waals surface area contributed by atoms with Crippen LogP contribution in [0, 0.1) is 6.92 Å². The van der Waals surface area contributed by atoms with Gasteiger partial charge in [-0.25, -0.2) is 9.78 Å². The Hall–Kier alpha value is -2.38. The van der Waals surface area contributed by atoms with Gasteiger partial charge in [-0.15, -0.1) is 0 Å². The average molecular weight is 426 g/mol. The summed E-state index contributed by atoms with van der Waals surface area (Å²) in [4.78, 5) is 21.2. The van der Waals surface area contributed by atoms with Gasteiger partial charge in [-0.05, 0) is 38.7 Å². The summed E-state index contributed by atoms with van der Waals surface area (Å²) in [5.74, 6) is 1.06. The van der Waals surface area contributed by atoms with Crippen molar-refractivity contribution in [2.24, 2.45) is 5.73 Å². The summed E-state index contributed by atoms with van der Waals surface area (Å²) >= 11 is 0. The Balaban J connectivity index is 1.38. The second-order valence-electron chi connectivity index (χ2n) is 8.93. The molecule has 0 spiro atoms. The predicted octanol–water partition coefficient (Wildman–Crippen LogP) is 3.43. The molecular formula is C24H35N5O2. The number of aryl methyl sites for hydroxylation is 1. The first-order chi connectivity index (χ1) is 15.0. The van der Waals surface area contributed by atoms with Gasteiger partial charge in [0.05, 0.1) is 25.0 Å². The number of hydrogen-bond donors (Lipinski definition) is 1. The first kappa shape index (κ1) is 21.8. The SMILES string of the molecule is COC(=O)N1CCc2nc(C)n(C3CCN(C(C)C[C@H](N)c4ccccc4)CC3)c2C1. The van der Waals surface area contributed by atoms with Crippen LogP contribution in [-0.4, -0.2) is 58.2 Å². The molecule has 1 amide bonds. The van der Waals surface area contributed by atoms with Crippen LogP contribution in [0.4, 0.5) is 4.79 Å². The molecule has 3 heterocycles. The number of fused-ring (bicyclic) bond motifs is 1. The quantitative estimate of drug-likeness (QED) is 0.794. The van der Waals surface area contributed by atoms with Crippen molar-refractivity contribution in [3.63, 3.8) is 0 Å². The molecule has 2 aliphatic rings. The summed E-state index contributed by atoms with van der Waals surface area (Å²) in [5, 5.41) is 0. The summed E-state index contributed by atoms with van der Waals surface area (Å²) in [6, 6.07) is 11.3. The Bertz CT molecular complexity index is 889. The number of nitrogens with zero attached hydrogens (tertiary/aromatic N) is 4. The van der Waals surface area contributed by atoms with Crippen LogP contribution >= 0.6 is 0 Å². The number of rotatable bonds is 5. The smallest absolute Gasteiger partial charge is 0.409 e. The molecule has 0 aliphatic carbocycles. The van der Waals surface area contributed by atoms with Crippen molar-refractivity contribution in [1.29, 1.82) is 0 Å². The van der Waals surface area contributed by atoms with Crippen molar-refractivity contribution in [2.75, 3.05) is 26.7 Å². The molecule has 7 heteroatoms. The molecule has 168 valence electrons. The highest BCUT2D eigenvalue weighted by molar-refractivity contribution is 5.67. The molecule has 0 radical (unpaired) electrons. The maximum absolute atomic E-state index is 12.0. The number of carbonyl (C=O) groups is 1. The maximum atomic E-state index is 12.0. The van der Waals surface area contributed by atoms with Gasteiger partial charge in [-0.1, -0.05) is 30.3 Å². The summed E-state index contributed by atoms with van der Waals surface area (Å²) in [5.41, 5.74) is 10.0. The highest BCUT2D eigenvalue weighted by Crippen LogP contribution is 2.31. The molecule has 0 bridgehead atoms. The van der Waals surface area contributed by atoms with Crippen LogP contribution in [0.3, 0.4) is 0 Å². The standard InChI is InChI=1S/C24H35N5O2/c1-17(15-21(25)19-7-5-4-6-8-19)27-12-9-20(10-13-27)29-18(2)26-22-11-14-28(16-23(22)29)24(30)31-3/h4-8,17,20-21H,9-16,25H2,1-3H3/t17?,21-/m0/s1. The van der Waals surface area contributed by atoms with E-state index >= 15 is 0 Å². The molecule has 2 aromatic rings. The van der Waals surface area contributed by atoms with Gasteiger partial charge in [0.2, 0.25) is 0 Å². The minimum absolute atomic E-state index is 0.0705. The van der Waals surface area contributed by atoms with Gasteiger partial charge >= 0.3 is 6.09 Å². The van der Waals surface area contributed by atoms with E-state index in [1.165, 1.54) is 18.4 Å². The van der Waals surface area contributed by atoms with Crippen molar-refractivity contribution < 1.29 is 9.53 Å². The van der Waals surface area contributed by atoms with Crippen molar-refractivity contribution in [2.45, 2.75) is 64.2 Å². The van der Waals surface area contributed by atoms with E-state index in [0.29, 0.717) is 25.2 Å². The van der Waals surface area contributed by atoms with Crippen LogP contribution in [0.2, 0.25) is 0 Å². The molecule has 1 unspecified atom stereocenters. The molecule has 7 nitrogen and oxygen atoms in total. The minimum atomic E-state index is -0.255. The number of ether oxygens (including phenoxy) is 1. The summed E-state index contributed by atoms with van der Waals surface area (Å²) in [6.07, 6.45) is 3.68.